The van der Waals surface area contributed by atoms with Crippen molar-refractivity contribution in [3.8, 4) is 0 Å². The van der Waals surface area contributed by atoms with E-state index in [9.17, 15) is 4.79 Å². The van der Waals surface area contributed by atoms with E-state index in [1.54, 1.807) is 12.3 Å². The molecular formula is C15H20N4OS. The molecule has 6 heteroatoms. The monoisotopic (exact) mass is 304 g/mol. The maximum atomic E-state index is 12.3. The highest BCUT2D eigenvalue weighted by Crippen LogP contribution is 2.32. The molecule has 3 rings (SSSR count). The van der Waals surface area contributed by atoms with Gasteiger partial charge in [0.25, 0.3) is 5.91 Å². The van der Waals surface area contributed by atoms with Crippen molar-refractivity contribution in [2.45, 2.75) is 32.6 Å². The maximum absolute atomic E-state index is 12.3. The van der Waals surface area contributed by atoms with Crippen LogP contribution < -0.4 is 11.1 Å². The molecule has 0 saturated heterocycles. The molecule has 21 heavy (non-hydrogen) atoms. The summed E-state index contributed by atoms with van der Waals surface area (Å²) in [6, 6.07) is 1.80. The number of fused-ring (bicyclic) bond motifs is 1. The molecule has 2 atom stereocenters. The third kappa shape index (κ3) is 3.00. The van der Waals surface area contributed by atoms with Crippen molar-refractivity contribution in [2.75, 3.05) is 12.3 Å². The smallest absolute Gasteiger partial charge is 0.263 e. The molecule has 2 aromatic rings. The minimum Gasteiger partial charge on any atom is -0.397 e. The van der Waals surface area contributed by atoms with Gasteiger partial charge in [-0.15, -0.1) is 16.4 Å². The van der Waals surface area contributed by atoms with E-state index in [0.717, 1.165) is 17.8 Å². The van der Waals surface area contributed by atoms with Crippen molar-refractivity contribution in [1.82, 2.24) is 15.5 Å². The lowest BCUT2D eigenvalue weighted by Gasteiger charge is -2.26. The predicted octanol–water partition coefficient (Wildman–Crippen LogP) is 2.83. The van der Waals surface area contributed by atoms with E-state index in [1.165, 1.54) is 37.0 Å². The second-order valence-corrected chi connectivity index (χ2v) is 6.94. The molecular weight excluding hydrogens is 284 g/mol. The van der Waals surface area contributed by atoms with Crippen molar-refractivity contribution < 1.29 is 4.79 Å². The van der Waals surface area contributed by atoms with Crippen LogP contribution in [0.4, 0.5) is 5.69 Å². The van der Waals surface area contributed by atoms with Crippen LogP contribution in [-0.2, 0) is 0 Å². The highest BCUT2D eigenvalue weighted by molar-refractivity contribution is 7.21. The van der Waals surface area contributed by atoms with Crippen molar-refractivity contribution in [3.63, 3.8) is 0 Å². The number of nitrogen functional groups attached to an aromatic ring is 1. The van der Waals surface area contributed by atoms with E-state index in [0.29, 0.717) is 21.3 Å². The topological polar surface area (TPSA) is 80.9 Å². The number of anilines is 1. The first-order chi connectivity index (χ1) is 10.1. The lowest BCUT2D eigenvalue weighted by molar-refractivity contribution is 0.0945. The Morgan fingerprint density at radius 1 is 1.52 bits per heavy atom. The minimum absolute atomic E-state index is 0.0891. The highest BCUT2D eigenvalue weighted by Gasteiger charge is 2.21. The van der Waals surface area contributed by atoms with Gasteiger partial charge in [0.15, 0.2) is 0 Å². The zero-order chi connectivity index (χ0) is 14.8. The molecule has 0 aromatic carbocycles. The number of carbonyl (C=O) groups is 1. The van der Waals surface area contributed by atoms with Gasteiger partial charge in [-0.2, -0.15) is 5.10 Å². The van der Waals surface area contributed by atoms with Gasteiger partial charge in [-0.25, -0.2) is 0 Å². The molecule has 5 nitrogen and oxygen atoms in total. The zero-order valence-electron chi connectivity index (χ0n) is 12.1. The first-order valence-electron chi connectivity index (χ1n) is 7.43. The number of nitrogens with two attached hydrogens (primary N) is 1. The van der Waals surface area contributed by atoms with Gasteiger partial charge < -0.3 is 11.1 Å². The Morgan fingerprint density at radius 3 is 3.14 bits per heavy atom. The second kappa shape index (κ2) is 5.97. The van der Waals surface area contributed by atoms with Crippen LogP contribution in [0, 0.1) is 11.8 Å². The van der Waals surface area contributed by atoms with Crippen LogP contribution in [0.15, 0.2) is 12.3 Å². The fraction of sp³-hybridized carbons (Fsp3) is 0.533. The van der Waals surface area contributed by atoms with E-state index in [1.807, 2.05) is 0 Å². The summed E-state index contributed by atoms with van der Waals surface area (Å²) in [5.74, 6) is 1.27. The van der Waals surface area contributed by atoms with Crippen molar-refractivity contribution in [3.05, 3.63) is 17.1 Å². The first-order valence-corrected chi connectivity index (χ1v) is 8.24. The van der Waals surface area contributed by atoms with E-state index in [2.05, 4.69) is 22.4 Å². The molecule has 0 aliphatic heterocycles. The van der Waals surface area contributed by atoms with Crippen LogP contribution >= 0.6 is 11.3 Å². The molecule has 1 aliphatic carbocycles. The molecule has 112 valence electrons. The van der Waals surface area contributed by atoms with Crippen LogP contribution in [0.1, 0.15) is 42.3 Å². The average molecular weight is 304 g/mol. The van der Waals surface area contributed by atoms with E-state index in [-0.39, 0.29) is 5.91 Å². The summed E-state index contributed by atoms with van der Waals surface area (Å²) in [5.41, 5.74) is 6.57. The van der Waals surface area contributed by atoms with Crippen LogP contribution in [-0.4, -0.2) is 22.6 Å². The summed E-state index contributed by atoms with van der Waals surface area (Å²) in [7, 11) is 0. The largest absolute Gasteiger partial charge is 0.397 e. The standard InChI is InChI=1S/C15H20N4OS/c1-9-3-2-4-10(7-9)8-17-14(20)13-12(16)11-5-6-18-19-15(11)21-13/h5-6,9-10H,2-4,7-8,16H2,1H3,(H,17,20). The van der Waals surface area contributed by atoms with Crippen molar-refractivity contribution in [1.29, 1.82) is 0 Å². The molecule has 2 aromatic heterocycles. The van der Waals surface area contributed by atoms with Crippen LogP contribution in [0.5, 0.6) is 0 Å². The number of hydrogen-bond donors (Lipinski definition) is 2. The fourth-order valence-corrected chi connectivity index (χ4v) is 4.06. The number of nitrogens with zero attached hydrogens (tertiary/aromatic N) is 2. The highest BCUT2D eigenvalue weighted by atomic mass is 32.1. The number of nitrogens with one attached hydrogen (secondary N) is 1. The maximum Gasteiger partial charge on any atom is 0.263 e. The SMILES string of the molecule is CC1CCCC(CNC(=O)c2sc3nnccc3c2N)C1. The quantitative estimate of drug-likeness (QED) is 0.913. The minimum atomic E-state index is -0.0891. The Bertz CT molecular complexity index is 654. The van der Waals surface area contributed by atoms with Gasteiger partial charge in [-0.1, -0.05) is 19.8 Å². The predicted molar refractivity (Wildman–Crippen MR) is 85.3 cm³/mol. The lowest BCUT2D eigenvalue weighted by atomic mass is 9.82. The first kappa shape index (κ1) is 14.3. The van der Waals surface area contributed by atoms with Gasteiger partial charge in [0.1, 0.15) is 9.71 Å². The second-order valence-electron chi connectivity index (χ2n) is 5.94. The van der Waals surface area contributed by atoms with Gasteiger partial charge in [-0.3, -0.25) is 4.79 Å². The summed E-state index contributed by atoms with van der Waals surface area (Å²) < 4.78 is 0. The van der Waals surface area contributed by atoms with Crippen LogP contribution in [0.2, 0.25) is 0 Å². The summed E-state index contributed by atoms with van der Waals surface area (Å²) in [4.78, 5) is 13.6. The van der Waals surface area contributed by atoms with Crippen molar-refractivity contribution in [2.24, 2.45) is 11.8 Å². The van der Waals surface area contributed by atoms with Gasteiger partial charge in [0.05, 0.1) is 11.9 Å². The van der Waals surface area contributed by atoms with E-state index < -0.39 is 0 Å². The lowest BCUT2D eigenvalue weighted by Crippen LogP contribution is -2.31. The number of carbonyl (C=O) groups excluding carboxylic acids is 1. The number of amides is 1. The number of aromatic nitrogens is 2. The summed E-state index contributed by atoms with van der Waals surface area (Å²) in [5, 5.41) is 11.7. The van der Waals surface area contributed by atoms with E-state index in [4.69, 9.17) is 5.73 Å². The Morgan fingerprint density at radius 2 is 2.38 bits per heavy atom. The zero-order valence-corrected chi connectivity index (χ0v) is 12.9. The number of thiophene rings is 1. The Labute approximate surface area is 127 Å². The molecule has 1 fully saturated rings. The molecule has 2 unspecified atom stereocenters. The molecule has 1 saturated carbocycles. The molecule has 1 aliphatic rings. The molecule has 0 spiro atoms. The Hall–Kier alpha value is -1.69. The van der Waals surface area contributed by atoms with Gasteiger partial charge in [-0.05, 0) is 30.7 Å². The van der Waals surface area contributed by atoms with Crippen molar-refractivity contribution >= 4 is 33.1 Å². The number of rotatable bonds is 3. The molecule has 0 radical (unpaired) electrons. The number of hydrogen-bond acceptors (Lipinski definition) is 5. The third-order valence-electron chi connectivity index (χ3n) is 4.22. The molecule has 3 N–H and O–H groups in total. The van der Waals surface area contributed by atoms with Gasteiger partial charge in [0, 0.05) is 11.9 Å². The Kier molecular flexibility index (Phi) is 4.05. The Balaban J connectivity index is 1.68. The normalized spacial score (nSPS) is 22.3. The average Bonchev–Trinajstić information content (AvgIpc) is 2.83. The fourth-order valence-electron chi connectivity index (χ4n) is 3.10. The molecule has 1 amide bonds. The summed E-state index contributed by atoms with van der Waals surface area (Å²) >= 11 is 1.31. The van der Waals surface area contributed by atoms with E-state index >= 15 is 0 Å². The summed E-state index contributed by atoms with van der Waals surface area (Å²) in [6.45, 7) is 3.03. The van der Waals surface area contributed by atoms with Crippen LogP contribution in [0.25, 0.3) is 10.2 Å². The molecule has 0 bridgehead atoms. The van der Waals surface area contributed by atoms with Crippen LogP contribution in [0.3, 0.4) is 0 Å². The third-order valence-corrected chi connectivity index (χ3v) is 5.33. The molecule has 2 heterocycles. The van der Waals surface area contributed by atoms with Gasteiger partial charge >= 0.3 is 0 Å². The summed E-state index contributed by atoms with van der Waals surface area (Å²) in [6.07, 6.45) is 6.58. The van der Waals surface area contributed by atoms with Gasteiger partial charge in [0.2, 0.25) is 0 Å².